The normalized spacial score (nSPS) is 21.7. The van der Waals surface area contributed by atoms with Gasteiger partial charge in [0.05, 0.1) is 6.20 Å². The molecular formula is C17H22FN3O2. The van der Waals surface area contributed by atoms with E-state index in [1.807, 2.05) is 13.1 Å². The molecule has 0 aliphatic carbocycles. The van der Waals surface area contributed by atoms with Crippen LogP contribution in [0, 0.1) is 12.7 Å². The molecule has 1 aromatic heterocycles. The van der Waals surface area contributed by atoms with Crippen LogP contribution in [0.1, 0.15) is 17.7 Å². The zero-order valence-corrected chi connectivity index (χ0v) is 13.5. The van der Waals surface area contributed by atoms with Gasteiger partial charge >= 0.3 is 0 Å². The lowest BCUT2D eigenvalue weighted by Crippen LogP contribution is -2.41. The molecule has 1 N–H and O–H groups in total. The van der Waals surface area contributed by atoms with Crippen molar-refractivity contribution in [3.05, 3.63) is 47.5 Å². The Morgan fingerprint density at radius 2 is 2.13 bits per heavy atom. The molecule has 0 bridgehead atoms. The lowest BCUT2D eigenvalue weighted by atomic mass is 10.0. The van der Waals surface area contributed by atoms with Crippen LogP contribution in [0.3, 0.4) is 0 Å². The molecule has 23 heavy (non-hydrogen) atoms. The molecule has 5 nitrogen and oxygen atoms in total. The predicted octanol–water partition coefficient (Wildman–Crippen LogP) is 2.53. The zero-order chi connectivity index (χ0) is 16.3. The van der Waals surface area contributed by atoms with Gasteiger partial charge in [-0.3, -0.25) is 10.00 Å². The number of hydrogen-bond acceptors (Lipinski definition) is 4. The maximum atomic E-state index is 12.9. The lowest BCUT2D eigenvalue weighted by Gasteiger charge is -2.28. The number of benzene rings is 1. The molecule has 1 saturated heterocycles. The van der Waals surface area contributed by atoms with Gasteiger partial charge < -0.3 is 9.47 Å². The van der Waals surface area contributed by atoms with Gasteiger partial charge in [0.25, 0.3) is 0 Å². The van der Waals surface area contributed by atoms with Crippen molar-refractivity contribution in [3.8, 4) is 5.75 Å². The number of likely N-dealkylation sites (tertiary alicyclic amines) is 1. The van der Waals surface area contributed by atoms with Crippen molar-refractivity contribution in [1.29, 1.82) is 0 Å². The SMILES string of the molecule is COC1(COc2ccc(F)cc2)CCN(Cc2cn[nH]c2C)C1. The third kappa shape index (κ3) is 3.71. The fraction of sp³-hybridized carbons (Fsp3) is 0.471. The highest BCUT2D eigenvalue weighted by molar-refractivity contribution is 5.22. The second-order valence-electron chi connectivity index (χ2n) is 6.11. The van der Waals surface area contributed by atoms with E-state index < -0.39 is 0 Å². The molecule has 3 rings (SSSR count). The Bertz CT molecular complexity index is 644. The van der Waals surface area contributed by atoms with Gasteiger partial charge in [-0.25, -0.2) is 4.39 Å². The van der Waals surface area contributed by atoms with Crippen molar-refractivity contribution in [3.63, 3.8) is 0 Å². The molecule has 1 aliphatic heterocycles. The largest absolute Gasteiger partial charge is 0.491 e. The Labute approximate surface area is 135 Å². The average Bonchev–Trinajstić information content (AvgIpc) is 3.15. The van der Waals surface area contributed by atoms with Gasteiger partial charge in [-0.1, -0.05) is 0 Å². The molecule has 2 heterocycles. The van der Waals surface area contributed by atoms with E-state index in [4.69, 9.17) is 9.47 Å². The molecule has 124 valence electrons. The summed E-state index contributed by atoms with van der Waals surface area (Å²) in [5, 5.41) is 7.03. The third-order valence-electron chi connectivity index (χ3n) is 4.47. The van der Waals surface area contributed by atoms with E-state index >= 15 is 0 Å². The Balaban J connectivity index is 1.58. The predicted molar refractivity (Wildman–Crippen MR) is 84.9 cm³/mol. The third-order valence-corrected chi connectivity index (χ3v) is 4.47. The fourth-order valence-electron chi connectivity index (χ4n) is 2.93. The highest BCUT2D eigenvalue weighted by Gasteiger charge is 2.39. The Kier molecular flexibility index (Phi) is 4.63. The van der Waals surface area contributed by atoms with Crippen molar-refractivity contribution in [1.82, 2.24) is 15.1 Å². The maximum absolute atomic E-state index is 12.9. The first-order chi connectivity index (χ1) is 11.1. The second-order valence-corrected chi connectivity index (χ2v) is 6.11. The molecule has 0 saturated carbocycles. The summed E-state index contributed by atoms with van der Waals surface area (Å²) in [6.07, 6.45) is 2.78. The van der Waals surface area contributed by atoms with Crippen LogP contribution in [0.5, 0.6) is 5.75 Å². The van der Waals surface area contributed by atoms with Crippen molar-refractivity contribution in [2.45, 2.75) is 25.5 Å². The van der Waals surface area contributed by atoms with E-state index in [0.29, 0.717) is 12.4 Å². The Morgan fingerprint density at radius 1 is 1.35 bits per heavy atom. The van der Waals surface area contributed by atoms with Crippen molar-refractivity contribution in [2.24, 2.45) is 0 Å². The number of hydrogen-bond donors (Lipinski definition) is 1. The van der Waals surface area contributed by atoms with Crippen molar-refractivity contribution >= 4 is 0 Å². The van der Waals surface area contributed by atoms with Gasteiger partial charge in [-0.2, -0.15) is 5.10 Å². The minimum Gasteiger partial charge on any atom is -0.491 e. The number of ether oxygens (including phenoxy) is 2. The highest BCUT2D eigenvalue weighted by atomic mass is 19.1. The van der Waals surface area contributed by atoms with Crippen molar-refractivity contribution < 1.29 is 13.9 Å². The molecule has 0 amide bonds. The van der Waals surface area contributed by atoms with Crippen LogP contribution >= 0.6 is 0 Å². The Morgan fingerprint density at radius 3 is 2.78 bits per heavy atom. The second kappa shape index (κ2) is 6.68. The van der Waals surface area contributed by atoms with Crippen molar-refractivity contribution in [2.75, 3.05) is 26.8 Å². The molecule has 1 fully saturated rings. The topological polar surface area (TPSA) is 50.4 Å². The lowest BCUT2D eigenvalue weighted by molar-refractivity contribution is -0.0359. The van der Waals surface area contributed by atoms with Gasteiger partial charge in [-0.15, -0.1) is 0 Å². The number of methoxy groups -OCH3 is 1. The number of nitrogens with zero attached hydrogens (tertiary/aromatic N) is 2. The van der Waals surface area contributed by atoms with Crippen LogP contribution in [-0.4, -0.2) is 47.5 Å². The van der Waals surface area contributed by atoms with Crippen LogP contribution < -0.4 is 4.74 Å². The number of aromatic amines is 1. The average molecular weight is 319 g/mol. The van der Waals surface area contributed by atoms with Gasteiger partial charge in [-0.05, 0) is 37.6 Å². The maximum Gasteiger partial charge on any atom is 0.123 e. The molecule has 6 heteroatoms. The minimum absolute atomic E-state index is 0.263. The van der Waals surface area contributed by atoms with E-state index in [2.05, 4.69) is 15.1 Å². The summed E-state index contributed by atoms with van der Waals surface area (Å²) in [6, 6.07) is 6.08. The summed E-state index contributed by atoms with van der Waals surface area (Å²) in [7, 11) is 1.72. The molecule has 1 atom stereocenters. The molecule has 0 spiro atoms. The van der Waals surface area contributed by atoms with Crippen LogP contribution in [0.25, 0.3) is 0 Å². The van der Waals surface area contributed by atoms with Crippen LogP contribution in [0.2, 0.25) is 0 Å². The molecule has 2 aromatic rings. The van der Waals surface area contributed by atoms with Crippen LogP contribution in [0.4, 0.5) is 4.39 Å². The van der Waals surface area contributed by atoms with E-state index in [-0.39, 0.29) is 11.4 Å². The molecule has 1 aliphatic rings. The number of aryl methyl sites for hydroxylation is 1. The standard InChI is InChI=1S/C17H22FN3O2/c1-13-14(9-19-20-13)10-21-8-7-17(11-21,22-2)12-23-16-5-3-15(18)4-6-16/h3-6,9H,7-8,10-12H2,1-2H3,(H,19,20). The van der Waals surface area contributed by atoms with E-state index in [0.717, 1.165) is 31.7 Å². The summed E-state index contributed by atoms with van der Waals surface area (Å²) < 4.78 is 24.5. The summed E-state index contributed by atoms with van der Waals surface area (Å²) in [5.41, 5.74) is 1.98. The first-order valence-corrected chi connectivity index (χ1v) is 7.75. The number of aromatic nitrogens is 2. The summed E-state index contributed by atoms with van der Waals surface area (Å²) in [6.45, 7) is 5.08. The van der Waals surface area contributed by atoms with Gasteiger partial charge in [0.15, 0.2) is 0 Å². The van der Waals surface area contributed by atoms with Crippen LogP contribution in [-0.2, 0) is 11.3 Å². The quantitative estimate of drug-likeness (QED) is 0.889. The summed E-state index contributed by atoms with van der Waals surface area (Å²) >= 11 is 0. The number of halogens is 1. The summed E-state index contributed by atoms with van der Waals surface area (Å²) in [4.78, 5) is 2.34. The van der Waals surface area contributed by atoms with E-state index in [1.54, 1.807) is 19.2 Å². The number of rotatable bonds is 6. The molecule has 1 unspecified atom stereocenters. The highest BCUT2D eigenvalue weighted by Crippen LogP contribution is 2.27. The van der Waals surface area contributed by atoms with Crippen LogP contribution in [0.15, 0.2) is 30.5 Å². The summed E-state index contributed by atoms with van der Waals surface area (Å²) in [5.74, 6) is 0.397. The van der Waals surface area contributed by atoms with Gasteiger partial charge in [0.2, 0.25) is 0 Å². The van der Waals surface area contributed by atoms with Gasteiger partial charge in [0, 0.05) is 38.0 Å². The number of H-pyrrole nitrogens is 1. The van der Waals surface area contributed by atoms with E-state index in [1.165, 1.54) is 17.7 Å². The Hall–Kier alpha value is -1.92. The molecular weight excluding hydrogens is 297 g/mol. The van der Waals surface area contributed by atoms with Gasteiger partial charge in [0.1, 0.15) is 23.8 Å². The first-order valence-electron chi connectivity index (χ1n) is 7.75. The first kappa shape index (κ1) is 16.0. The smallest absolute Gasteiger partial charge is 0.123 e. The molecule has 1 aromatic carbocycles. The fourth-order valence-corrected chi connectivity index (χ4v) is 2.93. The number of nitrogens with one attached hydrogen (secondary N) is 1. The zero-order valence-electron chi connectivity index (χ0n) is 13.5. The monoisotopic (exact) mass is 319 g/mol. The van der Waals surface area contributed by atoms with E-state index in [9.17, 15) is 4.39 Å². The molecule has 0 radical (unpaired) electrons. The minimum atomic E-state index is -0.327.